The number of phenolic OH excluding ortho intramolecular Hbond substituents is 2. The number of nitrogens with zero attached hydrogens (tertiary/aromatic N) is 2. The van der Waals surface area contributed by atoms with Gasteiger partial charge in [-0.3, -0.25) is 33.5 Å². The zero-order chi connectivity index (χ0) is 45.1. The van der Waals surface area contributed by atoms with Crippen LogP contribution in [0.15, 0.2) is 82.3 Å². The Morgan fingerprint density at radius 2 is 1.56 bits per heavy atom. The fourth-order valence-electron chi connectivity index (χ4n) is 6.10. The van der Waals surface area contributed by atoms with Gasteiger partial charge in [0.1, 0.15) is 47.5 Å². The van der Waals surface area contributed by atoms with Crippen molar-refractivity contribution >= 4 is 35.6 Å². The average molecular weight is 852 g/mol. The molecule has 4 rings (SSSR count). The van der Waals surface area contributed by atoms with E-state index in [1.807, 2.05) is 4.98 Å². The standard InChI is InChI=1S/C39H49N9O13/c1-19(40)32(53)43-27(15-22-8-10-24(49)11-9-22)35(56)47(4)21(3)31(34(55)41-18-26-17-29(51)36(61-26)48-13-12-30(52)45-39(48)60)46-33(54)20(2)42-38(59)44-28(37(57)58)16-23-6-5-7-25(50)14-23/h5-14,18-21,27-29,31,36,49-51H,15-17,40H2,1-4H3,(H,41,55)(H,43,53)(H,46,54)(H,57,58)(H2,42,44,59)(H,45,52,60). The van der Waals surface area contributed by atoms with Gasteiger partial charge in [0.2, 0.25) is 29.9 Å². The molecule has 0 aliphatic carbocycles. The number of carboxylic acids is 1. The molecule has 8 atom stereocenters. The first-order valence-corrected chi connectivity index (χ1v) is 18.9. The lowest BCUT2D eigenvalue weighted by atomic mass is 10.0. The second-order valence-electron chi connectivity index (χ2n) is 14.4. The summed E-state index contributed by atoms with van der Waals surface area (Å²) in [5.74, 6) is -4.83. The number of H-pyrrole nitrogens is 1. The van der Waals surface area contributed by atoms with Gasteiger partial charge in [-0.15, -0.1) is 0 Å². The topological polar surface area (TPSA) is 337 Å². The van der Waals surface area contributed by atoms with E-state index in [9.17, 15) is 58.8 Å². The normalized spacial score (nSPS) is 18.2. The number of amides is 6. The average Bonchev–Trinajstić information content (AvgIpc) is 3.57. The minimum absolute atomic E-state index is 0.0101. The van der Waals surface area contributed by atoms with E-state index in [0.717, 1.165) is 27.9 Å². The zero-order valence-electron chi connectivity index (χ0n) is 33.5. The second kappa shape index (κ2) is 20.7. The van der Waals surface area contributed by atoms with Crippen molar-refractivity contribution in [1.29, 1.82) is 0 Å². The van der Waals surface area contributed by atoms with Gasteiger partial charge in [-0.2, -0.15) is 0 Å². The Labute approximate surface area is 347 Å². The number of benzene rings is 2. The summed E-state index contributed by atoms with van der Waals surface area (Å²) in [6.45, 7) is 4.08. The summed E-state index contributed by atoms with van der Waals surface area (Å²) >= 11 is 0. The molecule has 0 radical (unpaired) electrons. The van der Waals surface area contributed by atoms with Crippen molar-refractivity contribution in [2.75, 3.05) is 7.05 Å². The number of aromatic nitrogens is 2. The monoisotopic (exact) mass is 851 g/mol. The predicted octanol–water partition coefficient (Wildman–Crippen LogP) is -2.02. The van der Waals surface area contributed by atoms with E-state index < -0.39 is 95.5 Å². The van der Waals surface area contributed by atoms with Crippen LogP contribution in [0.3, 0.4) is 0 Å². The van der Waals surface area contributed by atoms with Gasteiger partial charge in [-0.05, 0) is 56.2 Å². The van der Waals surface area contributed by atoms with Crippen LogP contribution in [0.5, 0.6) is 11.5 Å². The van der Waals surface area contributed by atoms with Crippen molar-refractivity contribution in [3.05, 3.63) is 105 Å². The fourth-order valence-corrected chi connectivity index (χ4v) is 6.10. The van der Waals surface area contributed by atoms with Gasteiger partial charge >= 0.3 is 17.7 Å². The molecule has 328 valence electrons. The third kappa shape index (κ3) is 12.9. The summed E-state index contributed by atoms with van der Waals surface area (Å²) in [5.41, 5.74) is 5.17. The molecule has 2 aromatic carbocycles. The number of urea groups is 1. The number of aromatic amines is 1. The van der Waals surface area contributed by atoms with E-state index in [1.165, 1.54) is 70.3 Å². The molecule has 1 saturated heterocycles. The lowest BCUT2D eigenvalue weighted by molar-refractivity contribution is -0.140. The second-order valence-corrected chi connectivity index (χ2v) is 14.4. The van der Waals surface area contributed by atoms with E-state index in [0.29, 0.717) is 11.1 Å². The van der Waals surface area contributed by atoms with Crippen molar-refractivity contribution in [2.45, 2.75) is 88.6 Å². The molecule has 1 aliphatic heterocycles. The molecule has 0 bridgehead atoms. The number of hydrogen-bond acceptors (Lipinski definition) is 13. The lowest BCUT2D eigenvalue weighted by Gasteiger charge is -2.34. The molecule has 61 heavy (non-hydrogen) atoms. The Bertz CT molecular complexity index is 2240. The molecule has 6 amide bonds. The minimum Gasteiger partial charge on any atom is -0.508 e. The maximum absolute atomic E-state index is 14.1. The van der Waals surface area contributed by atoms with Crippen molar-refractivity contribution in [1.82, 2.24) is 41.0 Å². The highest BCUT2D eigenvalue weighted by atomic mass is 16.5. The van der Waals surface area contributed by atoms with Crippen LogP contribution in [0.4, 0.5) is 4.79 Å². The highest BCUT2D eigenvalue weighted by Gasteiger charge is 2.37. The third-order valence-electron chi connectivity index (χ3n) is 9.63. The van der Waals surface area contributed by atoms with Gasteiger partial charge in [0.25, 0.3) is 5.56 Å². The first-order chi connectivity index (χ1) is 28.7. The summed E-state index contributed by atoms with van der Waals surface area (Å²) in [6.07, 6.45) is -0.856. The van der Waals surface area contributed by atoms with Gasteiger partial charge < -0.3 is 62.4 Å². The molecule has 8 unspecified atom stereocenters. The number of ether oxygens (including phenoxy) is 1. The zero-order valence-corrected chi connectivity index (χ0v) is 33.5. The van der Waals surface area contributed by atoms with Gasteiger partial charge in [-0.1, -0.05) is 24.3 Å². The Morgan fingerprint density at radius 1 is 0.885 bits per heavy atom. The van der Waals surface area contributed by atoms with Gasteiger partial charge in [0.15, 0.2) is 0 Å². The molecule has 2 heterocycles. The number of nitrogens with two attached hydrogens (primary N) is 1. The number of likely N-dealkylation sites (N-methyl/N-ethyl adjacent to an activating group) is 1. The molecule has 22 nitrogen and oxygen atoms in total. The molecule has 1 fully saturated rings. The lowest BCUT2D eigenvalue weighted by Crippen LogP contribution is -2.62. The van der Waals surface area contributed by atoms with E-state index >= 15 is 0 Å². The number of carbonyl (C=O) groups is 6. The van der Waals surface area contributed by atoms with Gasteiger partial charge in [-0.25, -0.2) is 14.4 Å². The van der Waals surface area contributed by atoms with E-state index in [-0.39, 0.29) is 36.5 Å². The molecule has 12 N–H and O–H groups in total. The third-order valence-corrected chi connectivity index (χ3v) is 9.63. The number of aliphatic hydroxyl groups excluding tert-OH is 1. The highest BCUT2D eigenvalue weighted by Crippen LogP contribution is 2.30. The first kappa shape index (κ1) is 46.5. The predicted molar refractivity (Wildman–Crippen MR) is 214 cm³/mol. The van der Waals surface area contributed by atoms with Gasteiger partial charge in [0.05, 0.1) is 12.1 Å². The molecular weight excluding hydrogens is 802 g/mol. The smallest absolute Gasteiger partial charge is 0.331 e. The SMILES string of the molecule is CC(N)C(=O)NC(Cc1ccc(O)cc1)C(=O)N(C)C(C)C(NC(=O)C(C)NC(=O)NC(Cc1cccc(O)c1)C(=O)O)C(=O)NC=C1CC(O)C(n2ccc(=O)[nH]c2=O)O1. The van der Waals surface area contributed by atoms with Gasteiger partial charge in [0, 0.05) is 44.8 Å². The molecule has 3 aromatic rings. The maximum atomic E-state index is 14.1. The largest absolute Gasteiger partial charge is 0.508 e. The summed E-state index contributed by atoms with van der Waals surface area (Å²) in [6, 6.07) is 3.66. The van der Waals surface area contributed by atoms with Crippen LogP contribution < -0.4 is 43.6 Å². The minimum atomic E-state index is -1.61. The summed E-state index contributed by atoms with van der Waals surface area (Å²) in [5, 5.41) is 52.0. The van der Waals surface area contributed by atoms with Crippen LogP contribution in [0.25, 0.3) is 0 Å². The number of aliphatic hydroxyl groups is 1. The summed E-state index contributed by atoms with van der Waals surface area (Å²) in [4.78, 5) is 106. The Morgan fingerprint density at radius 3 is 2.18 bits per heavy atom. The van der Waals surface area contributed by atoms with E-state index in [4.69, 9.17) is 10.5 Å². The number of nitrogens with one attached hydrogen (secondary N) is 6. The van der Waals surface area contributed by atoms with Crippen LogP contribution >= 0.6 is 0 Å². The van der Waals surface area contributed by atoms with Crippen LogP contribution in [0.1, 0.15) is 44.5 Å². The van der Waals surface area contributed by atoms with Crippen LogP contribution in [0.2, 0.25) is 0 Å². The van der Waals surface area contributed by atoms with Crippen molar-refractivity contribution < 1.29 is 53.9 Å². The molecule has 0 spiro atoms. The van der Waals surface area contributed by atoms with Crippen molar-refractivity contribution in [3.63, 3.8) is 0 Å². The molecular formula is C39H49N9O13. The molecule has 22 heteroatoms. The summed E-state index contributed by atoms with van der Waals surface area (Å²) in [7, 11) is 1.32. The quantitative estimate of drug-likeness (QED) is 0.0699. The molecule has 0 saturated carbocycles. The van der Waals surface area contributed by atoms with Crippen LogP contribution in [-0.4, -0.2) is 120 Å². The van der Waals surface area contributed by atoms with E-state index in [2.05, 4.69) is 26.6 Å². The maximum Gasteiger partial charge on any atom is 0.331 e. The Hall–Kier alpha value is -7.20. The van der Waals surface area contributed by atoms with E-state index in [1.54, 1.807) is 6.07 Å². The number of rotatable bonds is 17. The fraction of sp³-hybridized carbons (Fsp3) is 0.385. The number of aliphatic carboxylic acids is 1. The number of phenols is 2. The summed E-state index contributed by atoms with van der Waals surface area (Å²) < 4.78 is 6.61. The number of aromatic hydroxyl groups is 2. The van der Waals surface area contributed by atoms with Crippen molar-refractivity contribution in [3.8, 4) is 11.5 Å². The van der Waals surface area contributed by atoms with Crippen LogP contribution in [0, 0.1) is 0 Å². The van der Waals surface area contributed by atoms with Crippen LogP contribution in [-0.2, 0) is 41.6 Å². The molecule has 1 aromatic heterocycles. The van der Waals surface area contributed by atoms with Crippen molar-refractivity contribution in [2.24, 2.45) is 5.73 Å². The molecule has 1 aliphatic rings. The highest BCUT2D eigenvalue weighted by molar-refractivity contribution is 5.94. The first-order valence-electron chi connectivity index (χ1n) is 18.9. The number of carbonyl (C=O) groups excluding carboxylic acids is 5. The Balaban J connectivity index is 1.56. The number of hydrogen-bond donors (Lipinski definition) is 11. The Kier molecular flexibility index (Phi) is 15.7. The number of carboxylic acid groups (broad SMARTS) is 1.